The first kappa shape index (κ1) is 13.8. The van der Waals surface area contributed by atoms with E-state index < -0.39 is 0 Å². The summed E-state index contributed by atoms with van der Waals surface area (Å²) in [5.41, 5.74) is 5.73. The van der Waals surface area contributed by atoms with E-state index in [1.165, 1.54) is 48.9 Å². The van der Waals surface area contributed by atoms with Crippen LogP contribution in [0.3, 0.4) is 0 Å². The first-order valence-corrected chi connectivity index (χ1v) is 8.42. The molecule has 0 bridgehead atoms. The molecule has 0 radical (unpaired) electrons. The van der Waals surface area contributed by atoms with Gasteiger partial charge >= 0.3 is 0 Å². The molecule has 0 saturated carbocycles. The number of oxime groups is 1. The zero-order chi connectivity index (χ0) is 14.9. The second-order valence-electron chi connectivity index (χ2n) is 6.60. The molecule has 0 amide bonds. The molecule has 4 rings (SSSR count). The summed E-state index contributed by atoms with van der Waals surface area (Å²) in [5.74, 6) is 0. The number of benzene rings is 1. The zero-order valence-corrected chi connectivity index (χ0v) is 12.9. The molecule has 2 N–H and O–H groups in total. The minimum atomic E-state index is 0.801. The molecule has 1 aromatic heterocycles. The first-order valence-electron chi connectivity index (χ1n) is 8.42. The van der Waals surface area contributed by atoms with E-state index in [1.54, 1.807) is 0 Å². The van der Waals surface area contributed by atoms with Gasteiger partial charge in [-0.2, -0.15) is 0 Å². The minimum Gasteiger partial charge on any atom is -0.411 e. The van der Waals surface area contributed by atoms with Crippen LogP contribution in [0.1, 0.15) is 48.9 Å². The number of hydrogen-bond acceptors (Lipinski definition) is 3. The number of fused-ring (bicyclic) bond motifs is 3. The summed E-state index contributed by atoms with van der Waals surface area (Å²) in [7, 11) is 0. The van der Waals surface area contributed by atoms with Crippen molar-refractivity contribution in [1.29, 1.82) is 0 Å². The van der Waals surface area contributed by atoms with Crippen molar-refractivity contribution < 1.29 is 5.21 Å². The molecule has 0 unspecified atom stereocenters. The van der Waals surface area contributed by atoms with Crippen LogP contribution in [0.25, 0.3) is 10.9 Å². The Morgan fingerprint density at radius 1 is 1.09 bits per heavy atom. The smallest absolute Gasteiger partial charge is 0.103 e. The Labute approximate surface area is 130 Å². The van der Waals surface area contributed by atoms with Gasteiger partial charge in [0, 0.05) is 17.4 Å². The molecule has 1 aromatic carbocycles. The standard InChI is InChI=1S/C18H23N3O/c22-20-17-6-4-5-14-15-11-13(7-8-16(15)19-18(14)17)12-21-9-2-1-3-10-21/h7-8,11,19,22H,1-6,9-10,12H2. The number of piperidine rings is 1. The van der Waals surface area contributed by atoms with Crippen molar-refractivity contribution >= 4 is 16.6 Å². The molecule has 116 valence electrons. The van der Waals surface area contributed by atoms with E-state index >= 15 is 0 Å². The monoisotopic (exact) mass is 297 g/mol. The Hall–Kier alpha value is -1.81. The molecule has 0 atom stereocenters. The van der Waals surface area contributed by atoms with Gasteiger partial charge in [-0.1, -0.05) is 17.6 Å². The summed E-state index contributed by atoms with van der Waals surface area (Å²) < 4.78 is 0. The highest BCUT2D eigenvalue weighted by Gasteiger charge is 2.21. The Morgan fingerprint density at radius 2 is 1.95 bits per heavy atom. The number of H-pyrrole nitrogens is 1. The Bertz CT molecular complexity index is 710. The Balaban J connectivity index is 1.68. The van der Waals surface area contributed by atoms with Crippen LogP contribution >= 0.6 is 0 Å². The van der Waals surface area contributed by atoms with Crippen LogP contribution in [-0.4, -0.2) is 33.9 Å². The highest BCUT2D eigenvalue weighted by atomic mass is 16.4. The van der Waals surface area contributed by atoms with Crippen LogP contribution in [0.4, 0.5) is 0 Å². The predicted molar refractivity (Wildman–Crippen MR) is 88.7 cm³/mol. The third-order valence-corrected chi connectivity index (χ3v) is 5.08. The van der Waals surface area contributed by atoms with E-state index in [0.717, 1.165) is 42.7 Å². The van der Waals surface area contributed by atoms with Crippen LogP contribution in [0.15, 0.2) is 23.4 Å². The fourth-order valence-corrected chi connectivity index (χ4v) is 3.93. The van der Waals surface area contributed by atoms with E-state index in [1.807, 2.05) is 0 Å². The summed E-state index contributed by atoms with van der Waals surface area (Å²) >= 11 is 0. The van der Waals surface area contributed by atoms with Crippen molar-refractivity contribution in [3.8, 4) is 0 Å². The van der Waals surface area contributed by atoms with Gasteiger partial charge in [0.2, 0.25) is 0 Å². The third kappa shape index (κ3) is 2.41. The van der Waals surface area contributed by atoms with E-state index in [2.05, 4.69) is 33.2 Å². The Kier molecular flexibility index (Phi) is 3.62. The number of aromatic nitrogens is 1. The van der Waals surface area contributed by atoms with E-state index in [-0.39, 0.29) is 0 Å². The summed E-state index contributed by atoms with van der Waals surface area (Å²) in [4.78, 5) is 6.00. The molecule has 2 aromatic rings. The molecular formula is C18H23N3O. The van der Waals surface area contributed by atoms with Crippen LogP contribution < -0.4 is 0 Å². The van der Waals surface area contributed by atoms with Crippen LogP contribution in [0, 0.1) is 0 Å². The molecule has 4 nitrogen and oxygen atoms in total. The number of hydrogen-bond donors (Lipinski definition) is 2. The van der Waals surface area contributed by atoms with E-state index in [4.69, 9.17) is 0 Å². The number of nitrogens with one attached hydrogen (secondary N) is 1. The van der Waals surface area contributed by atoms with Gasteiger partial charge in [0.25, 0.3) is 0 Å². The lowest BCUT2D eigenvalue weighted by Crippen LogP contribution is -2.29. The zero-order valence-electron chi connectivity index (χ0n) is 12.9. The lowest BCUT2D eigenvalue weighted by atomic mass is 9.93. The number of nitrogens with zero attached hydrogens (tertiary/aromatic N) is 2. The second kappa shape index (κ2) is 5.76. The van der Waals surface area contributed by atoms with Gasteiger partial charge in [0.05, 0.1) is 5.69 Å². The van der Waals surface area contributed by atoms with Crippen molar-refractivity contribution in [3.05, 3.63) is 35.0 Å². The number of aromatic amines is 1. The van der Waals surface area contributed by atoms with Crippen LogP contribution in [0.5, 0.6) is 0 Å². The summed E-state index contributed by atoms with van der Waals surface area (Å²) in [5, 5.41) is 14.0. The average molecular weight is 297 g/mol. The highest BCUT2D eigenvalue weighted by Crippen LogP contribution is 2.30. The van der Waals surface area contributed by atoms with Crippen LogP contribution in [-0.2, 0) is 13.0 Å². The topological polar surface area (TPSA) is 51.6 Å². The van der Waals surface area contributed by atoms with Gasteiger partial charge in [-0.05, 0) is 68.5 Å². The number of aryl methyl sites for hydroxylation is 1. The molecule has 2 heterocycles. The van der Waals surface area contributed by atoms with Crippen molar-refractivity contribution in [3.63, 3.8) is 0 Å². The quantitative estimate of drug-likeness (QED) is 0.656. The van der Waals surface area contributed by atoms with E-state index in [0.29, 0.717) is 0 Å². The predicted octanol–water partition coefficient (Wildman–Crippen LogP) is 3.67. The second-order valence-corrected chi connectivity index (χ2v) is 6.60. The average Bonchev–Trinajstić information content (AvgIpc) is 2.94. The van der Waals surface area contributed by atoms with Crippen molar-refractivity contribution in [2.45, 2.75) is 45.1 Å². The summed E-state index contributed by atoms with van der Waals surface area (Å²) in [6, 6.07) is 6.75. The minimum absolute atomic E-state index is 0.801. The third-order valence-electron chi connectivity index (χ3n) is 5.08. The lowest BCUT2D eigenvalue weighted by molar-refractivity contribution is 0.221. The highest BCUT2D eigenvalue weighted by molar-refractivity contribution is 6.06. The van der Waals surface area contributed by atoms with Gasteiger partial charge in [0.15, 0.2) is 0 Å². The summed E-state index contributed by atoms with van der Waals surface area (Å²) in [6.45, 7) is 3.51. The number of likely N-dealkylation sites (tertiary alicyclic amines) is 1. The van der Waals surface area contributed by atoms with Gasteiger partial charge in [-0.15, -0.1) is 0 Å². The largest absolute Gasteiger partial charge is 0.411 e. The van der Waals surface area contributed by atoms with Gasteiger partial charge < -0.3 is 10.2 Å². The Morgan fingerprint density at radius 3 is 2.77 bits per heavy atom. The molecule has 1 fully saturated rings. The molecule has 4 heteroatoms. The van der Waals surface area contributed by atoms with Gasteiger partial charge in [-0.25, -0.2) is 0 Å². The molecule has 1 aliphatic carbocycles. The maximum absolute atomic E-state index is 9.20. The molecule has 1 aliphatic heterocycles. The molecule has 0 spiro atoms. The molecule has 2 aliphatic rings. The normalized spacial score (nSPS) is 21.4. The number of rotatable bonds is 2. The van der Waals surface area contributed by atoms with Crippen molar-refractivity contribution in [2.75, 3.05) is 13.1 Å². The molecule has 22 heavy (non-hydrogen) atoms. The maximum atomic E-state index is 9.20. The van der Waals surface area contributed by atoms with Crippen molar-refractivity contribution in [1.82, 2.24) is 9.88 Å². The van der Waals surface area contributed by atoms with Crippen LogP contribution in [0.2, 0.25) is 0 Å². The van der Waals surface area contributed by atoms with Crippen molar-refractivity contribution in [2.24, 2.45) is 5.16 Å². The van der Waals surface area contributed by atoms with E-state index in [9.17, 15) is 5.21 Å². The fourth-order valence-electron chi connectivity index (χ4n) is 3.93. The fraction of sp³-hybridized carbons (Fsp3) is 0.500. The molecule has 1 saturated heterocycles. The maximum Gasteiger partial charge on any atom is 0.103 e. The van der Waals surface area contributed by atoms with Gasteiger partial charge in [0.1, 0.15) is 5.71 Å². The first-order chi connectivity index (χ1) is 10.8. The summed E-state index contributed by atoms with van der Waals surface area (Å²) in [6.07, 6.45) is 7.04. The molecular weight excluding hydrogens is 274 g/mol. The van der Waals surface area contributed by atoms with Gasteiger partial charge in [-0.3, -0.25) is 4.90 Å². The lowest BCUT2D eigenvalue weighted by Gasteiger charge is -2.26. The SMILES string of the molecule is ON=C1CCCc2c1[nH]c1ccc(CN3CCCCC3)cc21.